The van der Waals surface area contributed by atoms with Crippen LogP contribution in [0.25, 0.3) is 0 Å². The van der Waals surface area contributed by atoms with E-state index in [1.165, 1.54) is 18.9 Å². The van der Waals surface area contributed by atoms with E-state index in [4.69, 9.17) is 9.47 Å². The zero-order valence-electron chi connectivity index (χ0n) is 17.8. The number of hydrogen-bond donors (Lipinski definition) is 0. The number of aromatic nitrogens is 3. The number of carbonyl (C=O) groups is 2. The molecule has 0 saturated carbocycles. The molecule has 2 aliphatic heterocycles. The fourth-order valence-corrected chi connectivity index (χ4v) is 4.89. The molecule has 0 radical (unpaired) electrons. The Morgan fingerprint density at radius 3 is 2.65 bits per heavy atom. The topological polar surface area (TPSA) is 89.8 Å². The van der Waals surface area contributed by atoms with Gasteiger partial charge in [0.2, 0.25) is 11.9 Å². The molecule has 1 amide bonds. The second-order valence-electron chi connectivity index (χ2n) is 7.45. The van der Waals surface area contributed by atoms with Gasteiger partial charge in [0.15, 0.2) is 5.16 Å². The van der Waals surface area contributed by atoms with Crippen LogP contribution in [0.2, 0.25) is 0 Å². The molecule has 0 spiro atoms. The zero-order valence-corrected chi connectivity index (χ0v) is 18.6. The van der Waals surface area contributed by atoms with Crippen molar-refractivity contribution >= 4 is 29.6 Å². The highest BCUT2D eigenvalue weighted by atomic mass is 32.2. The standard InChI is InChI=1S/C21H27N5O4S/c1-3-25-20(24-8-10-30-11-9-24)22-23-21(25)31-14-18(27)26-13-16-7-5-4-6-15(16)12-17(26)19(28)29-2/h4-7,17H,3,8-14H2,1-2H3/t17-/m1/s1. The van der Waals surface area contributed by atoms with Crippen LogP contribution in [0.5, 0.6) is 0 Å². The van der Waals surface area contributed by atoms with E-state index in [0.29, 0.717) is 37.9 Å². The molecule has 1 atom stereocenters. The predicted octanol–water partition coefficient (Wildman–Crippen LogP) is 1.35. The van der Waals surface area contributed by atoms with Crippen molar-refractivity contribution in [3.05, 3.63) is 35.4 Å². The molecular weight excluding hydrogens is 418 g/mol. The Morgan fingerprint density at radius 1 is 1.19 bits per heavy atom. The van der Waals surface area contributed by atoms with Crippen molar-refractivity contribution in [2.24, 2.45) is 0 Å². The molecule has 166 valence electrons. The highest BCUT2D eigenvalue weighted by molar-refractivity contribution is 7.99. The minimum atomic E-state index is -0.610. The number of fused-ring (bicyclic) bond motifs is 1. The van der Waals surface area contributed by atoms with Crippen molar-refractivity contribution in [1.29, 1.82) is 0 Å². The largest absolute Gasteiger partial charge is 0.467 e. The minimum absolute atomic E-state index is 0.117. The van der Waals surface area contributed by atoms with Crippen LogP contribution in [0, 0.1) is 0 Å². The van der Waals surface area contributed by atoms with Gasteiger partial charge in [-0.2, -0.15) is 0 Å². The Kier molecular flexibility index (Phi) is 6.77. The molecule has 4 rings (SSSR count). The number of anilines is 1. The van der Waals surface area contributed by atoms with E-state index < -0.39 is 6.04 Å². The number of rotatable bonds is 6. The van der Waals surface area contributed by atoms with Gasteiger partial charge in [-0.3, -0.25) is 9.36 Å². The molecule has 1 fully saturated rings. The summed E-state index contributed by atoms with van der Waals surface area (Å²) in [5.74, 6) is 0.476. The number of benzene rings is 1. The molecule has 1 aromatic carbocycles. The van der Waals surface area contributed by atoms with Gasteiger partial charge in [0.05, 0.1) is 26.1 Å². The quantitative estimate of drug-likeness (QED) is 0.486. The third-order valence-corrected chi connectivity index (χ3v) is 6.63. The summed E-state index contributed by atoms with van der Waals surface area (Å²) in [4.78, 5) is 29.3. The van der Waals surface area contributed by atoms with Crippen LogP contribution < -0.4 is 4.90 Å². The minimum Gasteiger partial charge on any atom is -0.467 e. The lowest BCUT2D eigenvalue weighted by Gasteiger charge is -2.35. The molecule has 1 aromatic heterocycles. The number of esters is 1. The lowest BCUT2D eigenvalue weighted by Crippen LogP contribution is -2.49. The van der Waals surface area contributed by atoms with Crippen LogP contribution in [-0.2, 0) is 38.6 Å². The summed E-state index contributed by atoms with van der Waals surface area (Å²) in [6.45, 7) is 6.03. The summed E-state index contributed by atoms with van der Waals surface area (Å²) in [6, 6.07) is 7.29. The van der Waals surface area contributed by atoms with Crippen molar-refractivity contribution in [2.75, 3.05) is 44.1 Å². The first-order chi connectivity index (χ1) is 15.1. The Morgan fingerprint density at radius 2 is 1.94 bits per heavy atom. The van der Waals surface area contributed by atoms with E-state index >= 15 is 0 Å². The van der Waals surface area contributed by atoms with E-state index in [-0.39, 0.29) is 17.6 Å². The zero-order chi connectivity index (χ0) is 21.8. The van der Waals surface area contributed by atoms with Gasteiger partial charge < -0.3 is 19.3 Å². The lowest BCUT2D eigenvalue weighted by molar-refractivity contribution is -0.153. The fourth-order valence-electron chi connectivity index (χ4n) is 4.00. The van der Waals surface area contributed by atoms with Crippen molar-refractivity contribution < 1.29 is 19.1 Å². The number of thioether (sulfide) groups is 1. The second kappa shape index (κ2) is 9.69. The van der Waals surface area contributed by atoms with E-state index in [1.54, 1.807) is 4.90 Å². The van der Waals surface area contributed by atoms with Gasteiger partial charge >= 0.3 is 5.97 Å². The van der Waals surface area contributed by atoms with Crippen LogP contribution in [0.15, 0.2) is 29.4 Å². The van der Waals surface area contributed by atoms with Gasteiger partial charge in [0.25, 0.3) is 0 Å². The second-order valence-corrected chi connectivity index (χ2v) is 8.39. The number of amides is 1. The van der Waals surface area contributed by atoms with E-state index in [2.05, 4.69) is 15.1 Å². The summed E-state index contributed by atoms with van der Waals surface area (Å²) in [5.41, 5.74) is 2.14. The Balaban J connectivity index is 1.47. The predicted molar refractivity (Wildman–Crippen MR) is 116 cm³/mol. The molecular formula is C21H27N5O4S. The van der Waals surface area contributed by atoms with Crippen LogP contribution in [0.1, 0.15) is 18.1 Å². The number of methoxy groups -OCH3 is 1. The average molecular weight is 446 g/mol. The van der Waals surface area contributed by atoms with Crippen LogP contribution in [0.4, 0.5) is 5.95 Å². The molecule has 0 unspecified atom stereocenters. The summed E-state index contributed by atoms with van der Waals surface area (Å²) in [7, 11) is 1.36. The molecule has 2 aromatic rings. The van der Waals surface area contributed by atoms with Gasteiger partial charge in [0, 0.05) is 32.6 Å². The molecule has 3 heterocycles. The van der Waals surface area contributed by atoms with Crippen molar-refractivity contribution in [2.45, 2.75) is 37.6 Å². The molecule has 0 aliphatic carbocycles. The lowest BCUT2D eigenvalue weighted by atomic mass is 9.94. The summed E-state index contributed by atoms with van der Waals surface area (Å²) in [6.07, 6.45) is 0.464. The number of carbonyl (C=O) groups excluding carboxylic acids is 2. The molecule has 1 saturated heterocycles. The molecule has 2 aliphatic rings. The molecule has 31 heavy (non-hydrogen) atoms. The SMILES string of the molecule is CCn1c(SCC(=O)N2Cc3ccccc3C[C@@H]2C(=O)OC)nnc1N1CCOCC1. The van der Waals surface area contributed by atoms with Crippen LogP contribution in [-0.4, -0.2) is 76.7 Å². The van der Waals surface area contributed by atoms with E-state index in [1.807, 2.05) is 35.8 Å². The average Bonchev–Trinajstić information content (AvgIpc) is 3.24. The van der Waals surface area contributed by atoms with Crippen molar-refractivity contribution in [3.8, 4) is 0 Å². The highest BCUT2D eigenvalue weighted by Gasteiger charge is 2.35. The maximum Gasteiger partial charge on any atom is 0.328 e. The monoisotopic (exact) mass is 445 g/mol. The van der Waals surface area contributed by atoms with Crippen LogP contribution >= 0.6 is 11.8 Å². The molecule has 0 N–H and O–H groups in total. The Hall–Kier alpha value is -2.59. The van der Waals surface area contributed by atoms with Crippen LogP contribution in [0.3, 0.4) is 0 Å². The summed E-state index contributed by atoms with van der Waals surface area (Å²) in [5, 5.41) is 9.37. The Labute approximate surface area is 185 Å². The third-order valence-electron chi connectivity index (χ3n) is 5.67. The van der Waals surface area contributed by atoms with Gasteiger partial charge in [-0.1, -0.05) is 36.0 Å². The molecule has 10 heteroatoms. The molecule has 9 nitrogen and oxygen atoms in total. The van der Waals surface area contributed by atoms with E-state index in [0.717, 1.165) is 30.2 Å². The van der Waals surface area contributed by atoms with Crippen molar-refractivity contribution in [3.63, 3.8) is 0 Å². The maximum absolute atomic E-state index is 13.1. The third kappa shape index (κ3) is 4.54. The summed E-state index contributed by atoms with van der Waals surface area (Å²) >= 11 is 1.35. The number of hydrogen-bond acceptors (Lipinski definition) is 8. The first-order valence-electron chi connectivity index (χ1n) is 10.4. The fraction of sp³-hybridized carbons (Fsp3) is 0.524. The number of ether oxygens (including phenoxy) is 2. The van der Waals surface area contributed by atoms with Gasteiger partial charge in [-0.05, 0) is 18.1 Å². The van der Waals surface area contributed by atoms with Crippen molar-refractivity contribution in [1.82, 2.24) is 19.7 Å². The number of morpholine rings is 1. The van der Waals surface area contributed by atoms with E-state index in [9.17, 15) is 9.59 Å². The van der Waals surface area contributed by atoms with Gasteiger partial charge in [-0.15, -0.1) is 10.2 Å². The highest BCUT2D eigenvalue weighted by Crippen LogP contribution is 2.27. The normalized spacial score (nSPS) is 18.6. The maximum atomic E-state index is 13.1. The molecule has 0 bridgehead atoms. The van der Waals surface area contributed by atoms with Gasteiger partial charge in [0.1, 0.15) is 6.04 Å². The number of nitrogens with zero attached hydrogens (tertiary/aromatic N) is 5. The Bertz CT molecular complexity index is 944. The first kappa shape index (κ1) is 21.6. The first-order valence-corrected chi connectivity index (χ1v) is 11.4. The summed E-state index contributed by atoms with van der Waals surface area (Å²) < 4.78 is 12.4. The van der Waals surface area contributed by atoms with Gasteiger partial charge in [-0.25, -0.2) is 4.79 Å². The smallest absolute Gasteiger partial charge is 0.328 e.